The van der Waals surface area contributed by atoms with E-state index < -0.39 is 0 Å². The van der Waals surface area contributed by atoms with E-state index in [9.17, 15) is 0 Å². The SMILES string of the molecule is CN(C)c1cc[n+](CCCCCCCCCC[n+]2ccc(N(C)C)cc2)cc1.[Br-].[Br-]. The Labute approximate surface area is 205 Å². The van der Waals surface area contributed by atoms with Crippen molar-refractivity contribution >= 4 is 11.4 Å². The Balaban J connectivity index is 0.00000420. The maximum atomic E-state index is 2.30. The van der Waals surface area contributed by atoms with Crippen LogP contribution < -0.4 is 52.9 Å². The van der Waals surface area contributed by atoms with E-state index in [1.807, 2.05) is 0 Å². The van der Waals surface area contributed by atoms with Gasteiger partial charge in [-0.1, -0.05) is 25.7 Å². The summed E-state index contributed by atoms with van der Waals surface area (Å²) >= 11 is 0. The molecule has 0 amide bonds. The molecule has 0 saturated heterocycles. The molecule has 2 heterocycles. The molecule has 2 aromatic heterocycles. The Bertz CT molecular complexity index is 598. The van der Waals surface area contributed by atoms with E-state index >= 15 is 0 Å². The molecule has 0 aromatic carbocycles. The number of aryl methyl sites for hydroxylation is 2. The fourth-order valence-corrected chi connectivity index (χ4v) is 3.44. The number of pyridine rings is 2. The molecule has 6 heteroatoms. The van der Waals surface area contributed by atoms with Gasteiger partial charge in [-0.15, -0.1) is 0 Å². The van der Waals surface area contributed by atoms with Gasteiger partial charge in [-0.25, -0.2) is 9.13 Å². The second-order valence-electron chi connectivity index (χ2n) is 8.21. The van der Waals surface area contributed by atoms with Crippen molar-refractivity contribution in [3.63, 3.8) is 0 Å². The first-order chi connectivity index (χ1) is 13.6. The van der Waals surface area contributed by atoms with Crippen molar-refractivity contribution in [2.45, 2.75) is 64.5 Å². The maximum Gasteiger partial charge on any atom is 0.170 e. The number of rotatable bonds is 13. The Kier molecular flexibility index (Phi) is 15.9. The average molecular weight is 544 g/mol. The molecule has 0 aliphatic heterocycles. The lowest BCUT2D eigenvalue weighted by Crippen LogP contribution is -3.00. The molecular weight excluding hydrogens is 504 g/mol. The second kappa shape index (κ2) is 16.5. The zero-order chi connectivity index (χ0) is 20.2. The van der Waals surface area contributed by atoms with Gasteiger partial charge < -0.3 is 43.8 Å². The highest BCUT2D eigenvalue weighted by atomic mass is 79.9. The lowest BCUT2D eigenvalue weighted by atomic mass is 10.1. The fraction of sp³-hybridized carbons (Fsp3) is 0.583. The first-order valence-corrected chi connectivity index (χ1v) is 10.9. The molecule has 4 nitrogen and oxygen atoms in total. The predicted octanol–water partition coefficient (Wildman–Crippen LogP) is -1.78. The summed E-state index contributed by atoms with van der Waals surface area (Å²) in [5.74, 6) is 0. The number of hydrogen-bond donors (Lipinski definition) is 0. The smallest absolute Gasteiger partial charge is 0.170 e. The molecule has 0 aliphatic rings. The van der Waals surface area contributed by atoms with Crippen molar-refractivity contribution in [1.82, 2.24) is 0 Å². The Hall–Kier alpha value is -1.14. The van der Waals surface area contributed by atoms with Crippen LogP contribution in [0.1, 0.15) is 51.4 Å². The normalized spacial score (nSPS) is 10.1. The third-order valence-electron chi connectivity index (χ3n) is 5.36. The summed E-state index contributed by atoms with van der Waals surface area (Å²) in [6, 6.07) is 8.76. The Morgan fingerprint density at radius 3 is 1.03 bits per heavy atom. The van der Waals surface area contributed by atoms with Gasteiger partial charge in [-0.3, -0.25) is 0 Å². The molecule has 0 spiro atoms. The first kappa shape index (κ1) is 28.9. The van der Waals surface area contributed by atoms with Crippen LogP contribution in [0, 0.1) is 0 Å². The molecule has 0 aliphatic carbocycles. The first-order valence-electron chi connectivity index (χ1n) is 10.9. The largest absolute Gasteiger partial charge is 1.00 e. The summed E-state index contributed by atoms with van der Waals surface area (Å²) in [6.45, 7) is 2.27. The number of nitrogens with zero attached hydrogens (tertiary/aromatic N) is 4. The molecule has 0 saturated carbocycles. The van der Waals surface area contributed by atoms with E-state index in [-0.39, 0.29) is 34.0 Å². The van der Waals surface area contributed by atoms with Crippen LogP contribution in [0.2, 0.25) is 0 Å². The molecule has 0 atom stereocenters. The van der Waals surface area contributed by atoms with E-state index in [1.165, 1.54) is 62.7 Å². The highest BCUT2D eigenvalue weighted by Crippen LogP contribution is 2.10. The zero-order valence-corrected chi connectivity index (χ0v) is 22.4. The van der Waals surface area contributed by atoms with Crippen LogP contribution in [-0.2, 0) is 13.1 Å². The summed E-state index contributed by atoms with van der Waals surface area (Å²) < 4.78 is 4.60. The van der Waals surface area contributed by atoms with Gasteiger partial charge >= 0.3 is 0 Å². The van der Waals surface area contributed by atoms with E-state index in [0.717, 1.165) is 13.1 Å². The standard InChI is InChI=1S/C24H40N4.2BrH/c1-25(2)23-13-19-27(20-14-23)17-11-9-7-5-6-8-10-12-18-28-21-15-24(16-22-28)26(3)4;;/h13-16,19-22H,5-12,17-18H2,1-4H3;2*1H/q+2;;/p-2. The topological polar surface area (TPSA) is 14.2 Å². The quantitative estimate of drug-likeness (QED) is 0.219. The summed E-state index contributed by atoms with van der Waals surface area (Å²) in [5, 5.41) is 0. The fourth-order valence-electron chi connectivity index (χ4n) is 3.44. The summed E-state index contributed by atoms with van der Waals surface area (Å²) in [6.07, 6.45) is 19.5. The van der Waals surface area contributed by atoms with Crippen molar-refractivity contribution in [3.05, 3.63) is 49.1 Å². The summed E-state index contributed by atoms with van der Waals surface area (Å²) in [4.78, 5) is 4.29. The molecule has 0 bridgehead atoms. The van der Waals surface area contributed by atoms with Gasteiger partial charge in [0.05, 0.1) is 0 Å². The highest BCUT2D eigenvalue weighted by Gasteiger charge is 2.03. The number of unbranched alkanes of at least 4 members (excludes halogenated alkanes) is 7. The lowest BCUT2D eigenvalue weighted by Gasteiger charge is -2.10. The van der Waals surface area contributed by atoms with Crippen molar-refractivity contribution in [2.75, 3.05) is 38.0 Å². The van der Waals surface area contributed by atoms with Gasteiger partial charge in [0.1, 0.15) is 13.1 Å². The predicted molar refractivity (Wildman–Crippen MR) is 119 cm³/mol. The average Bonchev–Trinajstić information content (AvgIpc) is 2.70. The Morgan fingerprint density at radius 1 is 0.500 bits per heavy atom. The summed E-state index contributed by atoms with van der Waals surface area (Å²) in [7, 11) is 8.34. The minimum Gasteiger partial charge on any atom is -1.00 e. The number of halogens is 2. The molecular formula is C24H40Br2N4. The lowest BCUT2D eigenvalue weighted by molar-refractivity contribution is -0.697. The second-order valence-corrected chi connectivity index (χ2v) is 8.21. The molecule has 0 unspecified atom stereocenters. The van der Waals surface area contributed by atoms with Crippen LogP contribution in [0.25, 0.3) is 0 Å². The van der Waals surface area contributed by atoms with Gasteiger partial charge in [-0.05, 0) is 12.8 Å². The third-order valence-corrected chi connectivity index (χ3v) is 5.36. The number of hydrogen-bond acceptors (Lipinski definition) is 2. The third kappa shape index (κ3) is 11.3. The van der Waals surface area contributed by atoms with E-state index in [4.69, 9.17) is 0 Å². The maximum absolute atomic E-state index is 2.30. The molecule has 0 fully saturated rings. The van der Waals surface area contributed by atoms with Gasteiger partial charge in [0.15, 0.2) is 24.8 Å². The van der Waals surface area contributed by atoms with Crippen molar-refractivity contribution < 1.29 is 43.1 Å². The van der Waals surface area contributed by atoms with Crippen molar-refractivity contribution in [3.8, 4) is 0 Å². The Morgan fingerprint density at radius 2 is 0.767 bits per heavy atom. The van der Waals surface area contributed by atoms with E-state index in [1.54, 1.807) is 0 Å². The molecule has 30 heavy (non-hydrogen) atoms. The van der Waals surface area contributed by atoms with Crippen LogP contribution in [0.15, 0.2) is 49.1 Å². The van der Waals surface area contributed by atoms with Gasteiger partial charge in [-0.2, -0.15) is 0 Å². The van der Waals surface area contributed by atoms with Crippen LogP contribution in [0.4, 0.5) is 11.4 Å². The van der Waals surface area contributed by atoms with Crippen molar-refractivity contribution in [1.29, 1.82) is 0 Å². The molecule has 0 N–H and O–H groups in total. The minimum absolute atomic E-state index is 0. The van der Waals surface area contributed by atoms with Gasteiger partial charge in [0.2, 0.25) is 0 Å². The number of aromatic nitrogens is 2. The van der Waals surface area contributed by atoms with E-state index in [2.05, 4.69) is 96.2 Å². The van der Waals surface area contributed by atoms with Crippen LogP contribution in [0.3, 0.4) is 0 Å². The number of anilines is 2. The monoisotopic (exact) mass is 542 g/mol. The van der Waals surface area contributed by atoms with Crippen LogP contribution in [-0.4, -0.2) is 28.2 Å². The van der Waals surface area contributed by atoms with Gasteiger partial charge in [0.25, 0.3) is 0 Å². The van der Waals surface area contributed by atoms with Crippen LogP contribution >= 0.6 is 0 Å². The molecule has 0 radical (unpaired) electrons. The molecule has 2 rings (SSSR count). The molecule has 170 valence electrons. The highest BCUT2D eigenvalue weighted by molar-refractivity contribution is 5.41. The molecule has 2 aromatic rings. The summed E-state index contributed by atoms with van der Waals surface area (Å²) in [5.41, 5.74) is 2.53. The van der Waals surface area contributed by atoms with E-state index in [0.29, 0.717) is 0 Å². The minimum atomic E-state index is 0. The van der Waals surface area contributed by atoms with Crippen molar-refractivity contribution in [2.24, 2.45) is 0 Å². The van der Waals surface area contributed by atoms with Crippen LogP contribution in [0.5, 0.6) is 0 Å². The zero-order valence-electron chi connectivity index (χ0n) is 19.2. The van der Waals surface area contributed by atoms with Gasteiger partial charge in [0, 0.05) is 76.7 Å².